The largest absolute Gasteiger partial charge is 0.496 e. The summed E-state index contributed by atoms with van der Waals surface area (Å²) in [4.78, 5) is 4.72. The smallest absolute Gasteiger partial charge is 0.129 e. The quantitative estimate of drug-likeness (QED) is 0.543. The van der Waals surface area contributed by atoms with Gasteiger partial charge >= 0.3 is 0 Å². The van der Waals surface area contributed by atoms with Gasteiger partial charge in [0, 0.05) is 15.6 Å². The third-order valence-electron chi connectivity index (χ3n) is 3.02. The van der Waals surface area contributed by atoms with Crippen LogP contribution >= 0.6 is 39.0 Å². The molecule has 114 valence electrons. The molecule has 1 aromatic carbocycles. The van der Waals surface area contributed by atoms with E-state index in [1.807, 2.05) is 30.3 Å². The Balaban J connectivity index is 1.69. The first-order valence-electron chi connectivity index (χ1n) is 6.64. The summed E-state index contributed by atoms with van der Waals surface area (Å²) in [5.74, 6) is 3.56. The summed E-state index contributed by atoms with van der Waals surface area (Å²) < 4.78 is 11.8. The van der Waals surface area contributed by atoms with Crippen molar-refractivity contribution in [2.75, 3.05) is 7.11 Å². The van der Waals surface area contributed by atoms with Crippen molar-refractivity contribution in [3.8, 4) is 16.3 Å². The van der Waals surface area contributed by atoms with Crippen LogP contribution in [-0.2, 0) is 11.5 Å². The number of benzene rings is 1. The van der Waals surface area contributed by atoms with Gasteiger partial charge in [0.2, 0.25) is 0 Å². The Morgan fingerprint density at radius 2 is 2.23 bits per heavy atom. The Morgan fingerprint density at radius 3 is 3.00 bits per heavy atom. The molecule has 2 aromatic heterocycles. The van der Waals surface area contributed by atoms with Crippen molar-refractivity contribution in [3.05, 3.63) is 57.9 Å². The average molecular weight is 396 g/mol. The van der Waals surface area contributed by atoms with Crippen LogP contribution in [0.3, 0.4) is 0 Å². The molecule has 0 unspecified atom stereocenters. The third kappa shape index (κ3) is 3.74. The Kier molecular flexibility index (Phi) is 5.23. The van der Waals surface area contributed by atoms with E-state index in [0.717, 1.165) is 43.8 Å². The van der Waals surface area contributed by atoms with E-state index in [1.165, 1.54) is 0 Å². The van der Waals surface area contributed by atoms with E-state index < -0.39 is 0 Å². The molecule has 0 bridgehead atoms. The number of rotatable bonds is 6. The van der Waals surface area contributed by atoms with Crippen LogP contribution in [0, 0.1) is 0 Å². The van der Waals surface area contributed by atoms with Gasteiger partial charge in [-0.1, -0.05) is 15.9 Å². The summed E-state index contributed by atoms with van der Waals surface area (Å²) in [6.45, 7) is 0. The van der Waals surface area contributed by atoms with Gasteiger partial charge in [0.15, 0.2) is 0 Å². The van der Waals surface area contributed by atoms with E-state index in [-0.39, 0.29) is 0 Å². The molecule has 0 saturated heterocycles. The second-order valence-electron chi connectivity index (χ2n) is 4.56. The molecule has 22 heavy (non-hydrogen) atoms. The second-order valence-corrected chi connectivity index (χ2v) is 7.32. The van der Waals surface area contributed by atoms with Crippen LogP contribution in [0.25, 0.3) is 10.6 Å². The fourth-order valence-electron chi connectivity index (χ4n) is 2.00. The molecule has 3 aromatic rings. The van der Waals surface area contributed by atoms with Crippen LogP contribution in [-0.4, -0.2) is 12.1 Å². The van der Waals surface area contributed by atoms with Crippen molar-refractivity contribution < 1.29 is 9.15 Å². The van der Waals surface area contributed by atoms with E-state index in [1.54, 1.807) is 36.5 Å². The molecule has 0 saturated carbocycles. The van der Waals surface area contributed by atoms with Crippen molar-refractivity contribution >= 4 is 39.0 Å². The number of hydrogen-bond donors (Lipinski definition) is 0. The SMILES string of the molecule is COc1ccc(Br)cc1-c1nc(CSCc2ccco2)cs1. The van der Waals surface area contributed by atoms with Crippen LogP contribution in [0.1, 0.15) is 11.5 Å². The van der Waals surface area contributed by atoms with Crippen molar-refractivity contribution in [1.29, 1.82) is 0 Å². The highest BCUT2D eigenvalue weighted by molar-refractivity contribution is 9.10. The minimum absolute atomic E-state index is 0.840. The highest BCUT2D eigenvalue weighted by Gasteiger charge is 2.11. The molecule has 3 rings (SSSR count). The number of furan rings is 1. The van der Waals surface area contributed by atoms with Crippen LogP contribution < -0.4 is 4.74 Å². The molecule has 0 atom stereocenters. The predicted molar refractivity (Wildman–Crippen MR) is 95.5 cm³/mol. The lowest BCUT2D eigenvalue weighted by molar-refractivity contribution is 0.416. The van der Waals surface area contributed by atoms with Gasteiger partial charge in [-0.15, -0.1) is 23.1 Å². The van der Waals surface area contributed by atoms with Crippen LogP contribution in [0.2, 0.25) is 0 Å². The van der Waals surface area contributed by atoms with E-state index in [0.29, 0.717) is 0 Å². The average Bonchev–Trinajstić information content (AvgIpc) is 3.19. The topological polar surface area (TPSA) is 35.3 Å². The summed E-state index contributed by atoms with van der Waals surface area (Å²) in [7, 11) is 1.68. The van der Waals surface area contributed by atoms with Crippen molar-refractivity contribution in [3.63, 3.8) is 0 Å². The number of thioether (sulfide) groups is 1. The molecular weight excluding hydrogens is 382 g/mol. The zero-order valence-electron chi connectivity index (χ0n) is 11.9. The molecule has 0 radical (unpaired) electrons. The highest BCUT2D eigenvalue weighted by atomic mass is 79.9. The molecule has 0 aliphatic rings. The fraction of sp³-hybridized carbons (Fsp3) is 0.188. The Hall–Kier alpha value is -1.24. The van der Waals surface area contributed by atoms with Gasteiger partial charge in [-0.3, -0.25) is 0 Å². The Morgan fingerprint density at radius 1 is 1.32 bits per heavy atom. The van der Waals surface area contributed by atoms with Crippen LogP contribution in [0.15, 0.2) is 50.9 Å². The summed E-state index contributed by atoms with van der Waals surface area (Å²) >= 11 is 6.94. The lowest BCUT2D eigenvalue weighted by Crippen LogP contribution is -1.88. The molecule has 0 amide bonds. The molecule has 6 heteroatoms. The highest BCUT2D eigenvalue weighted by Crippen LogP contribution is 2.35. The van der Waals surface area contributed by atoms with E-state index in [9.17, 15) is 0 Å². The van der Waals surface area contributed by atoms with Gasteiger partial charge in [-0.05, 0) is 30.3 Å². The first kappa shape index (κ1) is 15.6. The van der Waals surface area contributed by atoms with Gasteiger partial charge in [0.25, 0.3) is 0 Å². The second kappa shape index (κ2) is 7.35. The minimum atomic E-state index is 0.840. The van der Waals surface area contributed by atoms with Crippen LogP contribution in [0.5, 0.6) is 5.75 Å². The molecule has 0 aliphatic carbocycles. The summed E-state index contributed by atoms with van der Waals surface area (Å²) in [5.41, 5.74) is 2.10. The number of halogens is 1. The van der Waals surface area contributed by atoms with Gasteiger partial charge in [0.1, 0.15) is 16.5 Å². The van der Waals surface area contributed by atoms with Crippen LogP contribution in [0.4, 0.5) is 0 Å². The first-order valence-corrected chi connectivity index (χ1v) is 9.47. The molecule has 0 N–H and O–H groups in total. The maximum atomic E-state index is 5.42. The lowest BCUT2D eigenvalue weighted by atomic mass is 10.2. The van der Waals surface area contributed by atoms with Gasteiger partial charge in [-0.25, -0.2) is 4.98 Å². The number of ether oxygens (including phenoxy) is 1. The normalized spacial score (nSPS) is 10.8. The number of methoxy groups -OCH3 is 1. The van der Waals surface area contributed by atoms with E-state index in [4.69, 9.17) is 14.1 Å². The number of thiazole rings is 1. The number of nitrogens with zero attached hydrogens (tertiary/aromatic N) is 1. The summed E-state index contributed by atoms with van der Waals surface area (Å²) in [5, 5.41) is 3.08. The Labute approximate surface area is 145 Å². The van der Waals surface area contributed by atoms with Crippen molar-refractivity contribution in [2.45, 2.75) is 11.5 Å². The van der Waals surface area contributed by atoms with Crippen molar-refractivity contribution in [2.24, 2.45) is 0 Å². The third-order valence-corrected chi connectivity index (χ3v) is 5.42. The Bertz CT molecular complexity index is 740. The molecule has 0 fully saturated rings. The molecule has 0 aliphatic heterocycles. The molecular formula is C16H14BrNO2S2. The minimum Gasteiger partial charge on any atom is -0.496 e. The van der Waals surface area contributed by atoms with E-state index >= 15 is 0 Å². The monoisotopic (exact) mass is 395 g/mol. The maximum absolute atomic E-state index is 5.42. The molecule has 0 spiro atoms. The first-order chi connectivity index (χ1) is 10.8. The molecule has 2 heterocycles. The van der Waals surface area contributed by atoms with Crippen molar-refractivity contribution in [1.82, 2.24) is 4.98 Å². The molecule has 3 nitrogen and oxygen atoms in total. The van der Waals surface area contributed by atoms with Gasteiger partial charge < -0.3 is 9.15 Å². The van der Waals surface area contributed by atoms with Gasteiger partial charge in [-0.2, -0.15) is 0 Å². The number of hydrogen-bond acceptors (Lipinski definition) is 5. The fourth-order valence-corrected chi connectivity index (χ4v) is 4.13. The zero-order valence-corrected chi connectivity index (χ0v) is 15.1. The lowest BCUT2D eigenvalue weighted by Gasteiger charge is -2.06. The van der Waals surface area contributed by atoms with Gasteiger partial charge in [0.05, 0.1) is 30.4 Å². The van der Waals surface area contributed by atoms with E-state index in [2.05, 4.69) is 21.3 Å². The zero-order chi connectivity index (χ0) is 15.4. The maximum Gasteiger partial charge on any atom is 0.129 e. The number of aromatic nitrogens is 1. The standard InChI is InChI=1S/C16H14BrNO2S2/c1-19-15-5-4-11(17)7-14(15)16-18-12(9-22-16)8-21-10-13-3-2-6-20-13/h2-7,9H,8,10H2,1H3. The predicted octanol–water partition coefficient (Wildman–Crippen LogP) is 5.61. The summed E-state index contributed by atoms with van der Waals surface area (Å²) in [6.07, 6.45) is 1.70. The summed E-state index contributed by atoms with van der Waals surface area (Å²) in [6, 6.07) is 9.86.